The van der Waals surface area contributed by atoms with E-state index in [1.165, 1.54) is 4.90 Å². The molecule has 7 nitrogen and oxygen atoms in total. The van der Waals surface area contributed by atoms with Crippen molar-refractivity contribution in [3.63, 3.8) is 0 Å². The number of para-hydroxylation sites is 1. The Bertz CT molecular complexity index is 1380. The zero-order valence-corrected chi connectivity index (χ0v) is 23.9. The van der Waals surface area contributed by atoms with E-state index >= 15 is 0 Å². The van der Waals surface area contributed by atoms with Gasteiger partial charge in [0.15, 0.2) is 0 Å². The Labute approximate surface area is 234 Å². The molecule has 0 aliphatic carbocycles. The Morgan fingerprint density at radius 1 is 0.974 bits per heavy atom. The summed E-state index contributed by atoms with van der Waals surface area (Å²) in [6, 6.07) is 20.2. The van der Waals surface area contributed by atoms with E-state index in [1.807, 2.05) is 30.3 Å². The van der Waals surface area contributed by atoms with Crippen molar-refractivity contribution >= 4 is 50.7 Å². The summed E-state index contributed by atoms with van der Waals surface area (Å²) in [5, 5.41) is 3.59. The maximum Gasteiger partial charge on any atom is 0.244 e. The number of aryl methyl sites for hydroxylation is 1. The molecule has 0 bridgehead atoms. The molecule has 0 aromatic heterocycles. The van der Waals surface area contributed by atoms with Gasteiger partial charge in [-0.15, -0.1) is 0 Å². The van der Waals surface area contributed by atoms with Crippen molar-refractivity contribution in [2.24, 2.45) is 0 Å². The van der Waals surface area contributed by atoms with E-state index in [-0.39, 0.29) is 18.9 Å². The Morgan fingerprint density at radius 2 is 1.63 bits per heavy atom. The summed E-state index contributed by atoms with van der Waals surface area (Å²) < 4.78 is 26.7. The Kier molecular flexibility index (Phi) is 10.2. The first-order valence-corrected chi connectivity index (χ1v) is 14.7. The smallest absolute Gasteiger partial charge is 0.244 e. The minimum Gasteiger partial charge on any atom is -0.355 e. The monoisotopic (exact) mass is 575 g/mol. The Balaban J connectivity index is 2.08. The van der Waals surface area contributed by atoms with Crippen molar-refractivity contribution in [3.8, 4) is 0 Å². The van der Waals surface area contributed by atoms with Crippen LogP contribution in [0.4, 0.5) is 5.69 Å². The SMILES string of the molecule is CCNC(=O)C(Cc1ccccc1)N(Cc1ccc(Cl)cc1Cl)C(=O)CN(c1ccccc1C)S(C)(=O)=O. The summed E-state index contributed by atoms with van der Waals surface area (Å²) in [6.07, 6.45) is 1.28. The molecule has 38 heavy (non-hydrogen) atoms. The van der Waals surface area contributed by atoms with E-state index in [9.17, 15) is 18.0 Å². The lowest BCUT2D eigenvalue weighted by Gasteiger charge is -2.34. The van der Waals surface area contributed by atoms with E-state index in [1.54, 1.807) is 56.3 Å². The number of amides is 2. The standard InChI is InChI=1S/C28H31Cl2N3O4S/c1-4-31-28(35)26(16-21-11-6-5-7-12-21)32(18-22-14-15-23(29)17-24(22)30)27(34)19-33(38(3,36)37)25-13-9-8-10-20(25)2/h5-15,17,26H,4,16,18-19H2,1-3H3,(H,31,35). The molecule has 0 radical (unpaired) electrons. The number of rotatable bonds is 11. The summed E-state index contributed by atoms with van der Waals surface area (Å²) in [5.74, 6) is -0.895. The number of carbonyl (C=O) groups is 2. The molecule has 0 heterocycles. The van der Waals surface area contributed by atoms with Gasteiger partial charge in [-0.1, -0.05) is 77.8 Å². The molecule has 202 valence electrons. The number of hydrogen-bond donors (Lipinski definition) is 1. The summed E-state index contributed by atoms with van der Waals surface area (Å²) in [4.78, 5) is 28.7. The van der Waals surface area contributed by atoms with Crippen LogP contribution in [0.25, 0.3) is 0 Å². The molecule has 1 N–H and O–H groups in total. The van der Waals surface area contributed by atoms with Crippen LogP contribution in [-0.4, -0.2) is 50.5 Å². The normalized spacial score (nSPS) is 12.0. The number of nitrogens with zero attached hydrogens (tertiary/aromatic N) is 2. The van der Waals surface area contributed by atoms with E-state index in [0.717, 1.165) is 16.1 Å². The van der Waals surface area contributed by atoms with Crippen molar-refractivity contribution in [2.45, 2.75) is 32.9 Å². The molecule has 0 aliphatic rings. The lowest BCUT2D eigenvalue weighted by Crippen LogP contribution is -2.53. The Hall–Kier alpha value is -3.07. The van der Waals surface area contributed by atoms with Gasteiger partial charge < -0.3 is 10.2 Å². The predicted octanol–water partition coefficient (Wildman–Crippen LogP) is 4.84. The number of nitrogens with one attached hydrogen (secondary N) is 1. The van der Waals surface area contributed by atoms with Crippen molar-refractivity contribution in [2.75, 3.05) is 23.7 Å². The van der Waals surface area contributed by atoms with E-state index in [0.29, 0.717) is 33.4 Å². The van der Waals surface area contributed by atoms with Gasteiger partial charge in [-0.25, -0.2) is 8.42 Å². The van der Waals surface area contributed by atoms with Crippen LogP contribution >= 0.6 is 23.2 Å². The molecule has 3 rings (SSSR count). The van der Waals surface area contributed by atoms with Crippen LogP contribution < -0.4 is 9.62 Å². The molecule has 0 spiro atoms. The highest BCUT2D eigenvalue weighted by atomic mass is 35.5. The van der Waals surface area contributed by atoms with Gasteiger partial charge in [0, 0.05) is 29.6 Å². The van der Waals surface area contributed by atoms with Crippen molar-refractivity contribution in [1.82, 2.24) is 10.2 Å². The number of carbonyl (C=O) groups excluding carboxylic acids is 2. The zero-order chi connectivity index (χ0) is 27.9. The first kappa shape index (κ1) is 29.5. The van der Waals surface area contributed by atoms with Crippen molar-refractivity contribution in [1.29, 1.82) is 0 Å². The second-order valence-electron chi connectivity index (χ2n) is 8.91. The molecule has 10 heteroatoms. The molecule has 1 atom stereocenters. The third-order valence-corrected chi connectivity index (χ3v) is 7.75. The first-order chi connectivity index (χ1) is 18.0. The summed E-state index contributed by atoms with van der Waals surface area (Å²) in [7, 11) is -3.83. The molecular formula is C28H31Cl2N3O4S. The fraction of sp³-hybridized carbons (Fsp3) is 0.286. The highest BCUT2D eigenvalue weighted by Gasteiger charge is 2.33. The van der Waals surface area contributed by atoms with E-state index < -0.39 is 28.5 Å². The maximum atomic E-state index is 14.0. The highest BCUT2D eigenvalue weighted by molar-refractivity contribution is 7.92. The van der Waals surface area contributed by atoms with E-state index in [2.05, 4.69) is 5.32 Å². The average molecular weight is 577 g/mol. The van der Waals surface area contributed by atoms with Crippen LogP contribution in [0, 0.1) is 6.92 Å². The van der Waals surface area contributed by atoms with Crippen LogP contribution in [-0.2, 0) is 32.6 Å². The molecule has 1 unspecified atom stereocenters. The number of sulfonamides is 1. The molecule has 3 aromatic carbocycles. The second-order valence-corrected chi connectivity index (χ2v) is 11.7. The number of halogens is 2. The molecule has 0 saturated heterocycles. The lowest BCUT2D eigenvalue weighted by molar-refractivity contribution is -0.140. The number of anilines is 1. The average Bonchev–Trinajstić information content (AvgIpc) is 2.86. The first-order valence-electron chi connectivity index (χ1n) is 12.1. The Morgan fingerprint density at radius 3 is 2.24 bits per heavy atom. The molecule has 0 saturated carbocycles. The van der Waals surface area contributed by atoms with Crippen molar-refractivity contribution in [3.05, 3.63) is 99.5 Å². The summed E-state index contributed by atoms with van der Waals surface area (Å²) in [6.45, 7) is 3.43. The molecule has 0 aliphatic heterocycles. The van der Waals surface area contributed by atoms with Gasteiger partial charge >= 0.3 is 0 Å². The number of benzene rings is 3. The van der Waals surface area contributed by atoms with Crippen LogP contribution in [0.1, 0.15) is 23.6 Å². The van der Waals surface area contributed by atoms with Gasteiger partial charge in [0.2, 0.25) is 21.8 Å². The summed E-state index contributed by atoms with van der Waals surface area (Å²) in [5.41, 5.74) is 2.52. The summed E-state index contributed by atoms with van der Waals surface area (Å²) >= 11 is 12.5. The van der Waals surface area contributed by atoms with Gasteiger partial charge in [-0.3, -0.25) is 13.9 Å². The fourth-order valence-electron chi connectivity index (χ4n) is 4.12. The van der Waals surface area contributed by atoms with E-state index in [4.69, 9.17) is 23.2 Å². The number of hydrogen-bond acceptors (Lipinski definition) is 4. The molecule has 0 fully saturated rings. The largest absolute Gasteiger partial charge is 0.355 e. The van der Waals surface area contributed by atoms with Crippen LogP contribution in [0.5, 0.6) is 0 Å². The molecule has 2 amide bonds. The third kappa shape index (κ3) is 7.72. The van der Waals surface area contributed by atoms with Crippen LogP contribution in [0.15, 0.2) is 72.8 Å². The van der Waals surface area contributed by atoms with Gasteiger partial charge in [0.05, 0.1) is 11.9 Å². The lowest BCUT2D eigenvalue weighted by atomic mass is 10.0. The maximum absolute atomic E-state index is 14.0. The van der Waals surface area contributed by atoms with Crippen molar-refractivity contribution < 1.29 is 18.0 Å². The van der Waals surface area contributed by atoms with Gasteiger partial charge in [-0.05, 0) is 48.7 Å². The zero-order valence-electron chi connectivity index (χ0n) is 21.5. The van der Waals surface area contributed by atoms with Crippen LogP contribution in [0.3, 0.4) is 0 Å². The quantitative estimate of drug-likeness (QED) is 0.354. The molecular weight excluding hydrogens is 545 g/mol. The third-order valence-electron chi connectivity index (χ3n) is 6.04. The minimum atomic E-state index is -3.83. The minimum absolute atomic E-state index is 0.0190. The van der Waals surface area contributed by atoms with Gasteiger partial charge in [-0.2, -0.15) is 0 Å². The fourth-order valence-corrected chi connectivity index (χ4v) is 5.49. The predicted molar refractivity (Wildman–Crippen MR) is 153 cm³/mol. The number of likely N-dealkylation sites (N-methyl/N-ethyl adjacent to an activating group) is 1. The molecule has 3 aromatic rings. The van der Waals surface area contributed by atoms with Gasteiger partial charge in [0.1, 0.15) is 12.6 Å². The topological polar surface area (TPSA) is 86.8 Å². The van der Waals surface area contributed by atoms with Crippen LogP contribution in [0.2, 0.25) is 10.0 Å². The highest BCUT2D eigenvalue weighted by Crippen LogP contribution is 2.26. The second kappa shape index (κ2) is 13.1. The van der Waals surface area contributed by atoms with Gasteiger partial charge in [0.25, 0.3) is 0 Å².